The number of hydrogen-bond donors (Lipinski definition) is 1. The summed E-state index contributed by atoms with van der Waals surface area (Å²) in [4.78, 5) is 46.6. The zero-order chi connectivity index (χ0) is 24.7. The van der Waals surface area contributed by atoms with Crippen molar-refractivity contribution in [2.24, 2.45) is 0 Å². The highest BCUT2D eigenvalue weighted by atomic mass is 32.1. The molecule has 3 heterocycles. The van der Waals surface area contributed by atoms with Crippen LogP contribution in [0.3, 0.4) is 0 Å². The van der Waals surface area contributed by atoms with Gasteiger partial charge in [0.1, 0.15) is 10.7 Å². The van der Waals surface area contributed by atoms with Crippen molar-refractivity contribution in [3.05, 3.63) is 92.3 Å². The highest BCUT2D eigenvalue weighted by Crippen LogP contribution is 2.32. The highest BCUT2D eigenvalue weighted by Gasteiger charge is 2.27. The molecule has 1 aliphatic rings. The van der Waals surface area contributed by atoms with Crippen LogP contribution in [-0.2, 0) is 13.0 Å². The predicted octanol–water partition coefficient (Wildman–Crippen LogP) is 4.80. The Morgan fingerprint density at radius 2 is 1.91 bits per heavy atom. The van der Waals surface area contributed by atoms with Crippen LogP contribution in [0.25, 0.3) is 10.2 Å². The Balaban J connectivity index is 1.39. The van der Waals surface area contributed by atoms with Gasteiger partial charge in [-0.2, -0.15) is 0 Å². The fourth-order valence-electron chi connectivity index (χ4n) is 4.51. The first kappa shape index (κ1) is 23.0. The number of anilines is 1. The summed E-state index contributed by atoms with van der Waals surface area (Å²) in [6.07, 6.45) is 1.72. The van der Waals surface area contributed by atoms with Crippen molar-refractivity contribution in [3.8, 4) is 0 Å². The number of hydrogen-bond acceptors (Lipinski definition) is 5. The van der Waals surface area contributed by atoms with Crippen LogP contribution in [0.5, 0.6) is 0 Å². The van der Waals surface area contributed by atoms with E-state index in [1.807, 2.05) is 56.3 Å². The average molecular weight is 487 g/mol. The van der Waals surface area contributed by atoms with E-state index in [-0.39, 0.29) is 23.4 Å². The molecular formula is C27H26N4O3S. The SMILES string of the molecule is Cc1c(C(=O)N(C)C(C)c2cccc(NC(=O)c3ccccc3)c2)sc2nc3n(c(=O)c12)CCC3. The Hall–Kier alpha value is -3.78. The van der Waals surface area contributed by atoms with E-state index < -0.39 is 0 Å². The standard InChI is InChI=1S/C27H26N4O3S/c1-16-22-25(29-21-13-8-14-31(21)26(22)33)35-23(16)27(34)30(3)17(2)19-11-7-12-20(15-19)28-24(32)18-9-5-4-6-10-18/h4-7,9-12,15,17H,8,13-14H2,1-3H3,(H,28,32). The maximum absolute atomic E-state index is 13.5. The number of amides is 2. The first-order valence-corrected chi connectivity index (χ1v) is 12.4. The molecular weight excluding hydrogens is 460 g/mol. The van der Waals surface area contributed by atoms with Crippen LogP contribution in [0.2, 0.25) is 0 Å². The third-order valence-corrected chi connectivity index (χ3v) is 7.84. The third kappa shape index (κ3) is 4.14. The molecule has 0 bridgehead atoms. The minimum Gasteiger partial charge on any atom is -0.334 e. The van der Waals surface area contributed by atoms with Crippen LogP contribution in [0, 0.1) is 6.92 Å². The first-order chi connectivity index (χ1) is 16.8. The Morgan fingerprint density at radius 3 is 2.69 bits per heavy atom. The summed E-state index contributed by atoms with van der Waals surface area (Å²) < 4.78 is 1.73. The number of benzene rings is 2. The number of rotatable bonds is 5. The first-order valence-electron chi connectivity index (χ1n) is 11.6. The minimum atomic E-state index is -0.250. The van der Waals surface area contributed by atoms with Gasteiger partial charge >= 0.3 is 0 Å². The lowest BCUT2D eigenvalue weighted by Crippen LogP contribution is -2.29. The van der Waals surface area contributed by atoms with Crippen LogP contribution < -0.4 is 10.9 Å². The van der Waals surface area contributed by atoms with E-state index in [9.17, 15) is 14.4 Å². The van der Waals surface area contributed by atoms with Crippen LogP contribution in [0.15, 0.2) is 59.4 Å². The molecule has 0 spiro atoms. The van der Waals surface area contributed by atoms with Crippen LogP contribution >= 0.6 is 11.3 Å². The van der Waals surface area contributed by atoms with Gasteiger partial charge < -0.3 is 10.2 Å². The van der Waals surface area contributed by atoms with E-state index in [2.05, 4.69) is 10.3 Å². The van der Waals surface area contributed by atoms with E-state index in [4.69, 9.17) is 0 Å². The maximum atomic E-state index is 13.5. The lowest BCUT2D eigenvalue weighted by molar-refractivity contribution is 0.0746. The van der Waals surface area contributed by atoms with Gasteiger partial charge in [-0.1, -0.05) is 30.3 Å². The molecule has 1 aliphatic heterocycles. The van der Waals surface area contributed by atoms with Gasteiger partial charge in [0.15, 0.2) is 0 Å². The number of nitrogens with zero attached hydrogens (tertiary/aromatic N) is 3. The molecule has 0 fully saturated rings. The van der Waals surface area contributed by atoms with Crippen molar-refractivity contribution >= 4 is 39.1 Å². The summed E-state index contributed by atoms with van der Waals surface area (Å²) in [6.45, 7) is 4.46. The Labute approximate surface area is 207 Å². The van der Waals surface area contributed by atoms with Gasteiger partial charge in [-0.15, -0.1) is 11.3 Å². The number of thiophene rings is 1. The quantitative estimate of drug-likeness (QED) is 0.439. The number of aromatic nitrogens is 2. The molecule has 5 rings (SSSR count). The van der Waals surface area contributed by atoms with E-state index in [1.54, 1.807) is 28.6 Å². The topological polar surface area (TPSA) is 84.3 Å². The summed E-state index contributed by atoms with van der Waals surface area (Å²) in [5.41, 5.74) is 2.77. The zero-order valence-corrected chi connectivity index (χ0v) is 20.7. The number of fused-ring (bicyclic) bond motifs is 2. The summed E-state index contributed by atoms with van der Waals surface area (Å²) in [5, 5.41) is 3.47. The summed E-state index contributed by atoms with van der Waals surface area (Å²) in [5.74, 6) is 0.464. The van der Waals surface area contributed by atoms with Crippen LogP contribution in [0.4, 0.5) is 5.69 Å². The summed E-state index contributed by atoms with van der Waals surface area (Å²) in [6, 6.07) is 16.3. The van der Waals surface area contributed by atoms with Crippen molar-refractivity contribution in [1.29, 1.82) is 0 Å². The monoisotopic (exact) mass is 486 g/mol. The van der Waals surface area contributed by atoms with Crippen molar-refractivity contribution in [1.82, 2.24) is 14.5 Å². The number of aryl methyl sites for hydroxylation is 2. The number of carbonyl (C=O) groups is 2. The third-order valence-electron chi connectivity index (χ3n) is 6.67. The molecule has 2 amide bonds. The molecule has 0 saturated heterocycles. The second-order valence-electron chi connectivity index (χ2n) is 8.86. The molecule has 1 unspecified atom stereocenters. The molecule has 1 atom stereocenters. The molecule has 4 aromatic rings. The molecule has 2 aromatic heterocycles. The van der Waals surface area contributed by atoms with Gasteiger partial charge in [-0.3, -0.25) is 19.0 Å². The summed E-state index contributed by atoms with van der Waals surface area (Å²) >= 11 is 1.29. The average Bonchev–Trinajstić information content (AvgIpc) is 3.48. The summed E-state index contributed by atoms with van der Waals surface area (Å²) in [7, 11) is 1.76. The van der Waals surface area contributed by atoms with E-state index in [0.717, 1.165) is 24.2 Å². The molecule has 0 radical (unpaired) electrons. The number of carbonyl (C=O) groups excluding carboxylic acids is 2. The number of nitrogens with one attached hydrogen (secondary N) is 1. The van der Waals surface area contributed by atoms with Gasteiger partial charge in [-0.25, -0.2) is 4.98 Å². The minimum absolute atomic E-state index is 0.0483. The fraction of sp³-hybridized carbons (Fsp3) is 0.259. The van der Waals surface area contributed by atoms with Crippen molar-refractivity contribution < 1.29 is 9.59 Å². The van der Waals surface area contributed by atoms with Gasteiger partial charge in [0.25, 0.3) is 17.4 Å². The van der Waals surface area contributed by atoms with E-state index >= 15 is 0 Å². The Bertz CT molecular complexity index is 1510. The van der Waals surface area contributed by atoms with Gasteiger partial charge in [0, 0.05) is 31.3 Å². The fourth-order valence-corrected chi connectivity index (χ4v) is 5.68. The van der Waals surface area contributed by atoms with Crippen LogP contribution in [-0.4, -0.2) is 33.3 Å². The normalized spacial score (nSPS) is 13.5. The highest BCUT2D eigenvalue weighted by molar-refractivity contribution is 7.20. The van der Waals surface area contributed by atoms with Gasteiger partial charge in [-0.05, 0) is 55.7 Å². The van der Waals surface area contributed by atoms with Crippen molar-refractivity contribution in [2.75, 3.05) is 12.4 Å². The zero-order valence-electron chi connectivity index (χ0n) is 19.9. The lowest BCUT2D eigenvalue weighted by atomic mass is 10.1. The largest absolute Gasteiger partial charge is 0.334 e. The van der Waals surface area contributed by atoms with E-state index in [1.165, 1.54) is 11.3 Å². The second-order valence-corrected chi connectivity index (χ2v) is 9.86. The second kappa shape index (κ2) is 9.11. The molecule has 7 nitrogen and oxygen atoms in total. The molecule has 178 valence electrons. The molecule has 0 saturated carbocycles. The molecule has 0 aliphatic carbocycles. The Kier molecular flexibility index (Phi) is 5.98. The lowest BCUT2D eigenvalue weighted by Gasteiger charge is -2.25. The van der Waals surface area contributed by atoms with Crippen molar-refractivity contribution in [3.63, 3.8) is 0 Å². The molecule has 8 heteroatoms. The van der Waals surface area contributed by atoms with Crippen LogP contribution in [0.1, 0.15) is 56.4 Å². The predicted molar refractivity (Wildman–Crippen MR) is 138 cm³/mol. The molecule has 2 aromatic carbocycles. The van der Waals surface area contributed by atoms with Crippen molar-refractivity contribution in [2.45, 2.75) is 39.3 Å². The van der Waals surface area contributed by atoms with E-state index in [0.29, 0.717) is 38.5 Å². The molecule has 35 heavy (non-hydrogen) atoms. The smallest absolute Gasteiger partial charge is 0.264 e. The maximum Gasteiger partial charge on any atom is 0.264 e. The molecule has 1 N–H and O–H groups in total. The van der Waals surface area contributed by atoms with Gasteiger partial charge in [0.05, 0.1) is 16.3 Å². The van der Waals surface area contributed by atoms with Gasteiger partial charge in [0.2, 0.25) is 0 Å². The Morgan fingerprint density at radius 1 is 1.14 bits per heavy atom.